The molecule has 4 rings (SSSR count). The molecule has 1 saturated carbocycles. The maximum Gasteiger partial charge on any atom is 0.409 e. The summed E-state index contributed by atoms with van der Waals surface area (Å²) in [7, 11) is 1.38. The second-order valence-electron chi connectivity index (χ2n) is 9.31. The van der Waals surface area contributed by atoms with Gasteiger partial charge in [0.2, 0.25) is 0 Å². The maximum atomic E-state index is 13.1. The van der Waals surface area contributed by atoms with Gasteiger partial charge < -0.3 is 30.9 Å². The van der Waals surface area contributed by atoms with Crippen LogP contribution in [0.25, 0.3) is 0 Å². The molecule has 0 atom stereocenters. The summed E-state index contributed by atoms with van der Waals surface area (Å²) in [4.78, 5) is 45.9. The van der Waals surface area contributed by atoms with Crippen LogP contribution >= 0.6 is 0 Å². The lowest BCUT2D eigenvalue weighted by molar-refractivity contribution is 0.0924. The molecule has 0 unspecified atom stereocenters. The van der Waals surface area contributed by atoms with E-state index in [0.717, 1.165) is 37.8 Å². The number of nitrogens with zero attached hydrogens (tertiary/aromatic N) is 3. The Labute approximate surface area is 211 Å². The zero-order chi connectivity index (χ0) is 25.5. The lowest BCUT2D eigenvalue weighted by atomic mass is 9.91. The van der Waals surface area contributed by atoms with Crippen molar-refractivity contribution in [2.75, 3.05) is 43.5 Å². The Morgan fingerprint density at radius 3 is 2.53 bits per heavy atom. The molecule has 1 aliphatic carbocycles. The number of carbonyl (C=O) groups excluding carboxylic acids is 3. The largest absolute Gasteiger partial charge is 0.453 e. The minimum absolute atomic E-state index is 0.0975. The quantitative estimate of drug-likeness (QED) is 0.582. The second-order valence-corrected chi connectivity index (χ2v) is 9.31. The van der Waals surface area contributed by atoms with Crippen molar-refractivity contribution in [1.82, 2.24) is 15.2 Å². The fourth-order valence-electron chi connectivity index (χ4n) is 4.75. The number of methoxy groups -OCH3 is 1. The van der Waals surface area contributed by atoms with Gasteiger partial charge in [-0.25, -0.2) is 4.79 Å². The molecule has 2 aliphatic rings. The molecule has 0 radical (unpaired) electrons. The third-order valence-corrected chi connectivity index (χ3v) is 6.81. The van der Waals surface area contributed by atoms with Crippen LogP contribution in [-0.4, -0.2) is 73.2 Å². The molecule has 2 heterocycles. The van der Waals surface area contributed by atoms with E-state index in [1.165, 1.54) is 13.3 Å². The second kappa shape index (κ2) is 11.9. The molecule has 1 aliphatic heterocycles. The summed E-state index contributed by atoms with van der Waals surface area (Å²) in [5.74, 6) is -0.485. The van der Waals surface area contributed by atoms with Gasteiger partial charge in [-0.05, 0) is 62.4 Å². The van der Waals surface area contributed by atoms with Crippen LogP contribution in [0.3, 0.4) is 0 Å². The van der Waals surface area contributed by atoms with E-state index in [4.69, 9.17) is 10.5 Å². The van der Waals surface area contributed by atoms with Crippen molar-refractivity contribution < 1.29 is 19.1 Å². The number of benzene rings is 1. The lowest BCUT2D eigenvalue weighted by Gasteiger charge is -2.28. The van der Waals surface area contributed by atoms with E-state index >= 15 is 0 Å². The number of carbonyl (C=O) groups is 3. The van der Waals surface area contributed by atoms with Crippen molar-refractivity contribution in [1.29, 1.82) is 0 Å². The highest BCUT2D eigenvalue weighted by molar-refractivity contribution is 6.07. The average Bonchev–Trinajstić information content (AvgIpc) is 3.16. The van der Waals surface area contributed by atoms with Crippen molar-refractivity contribution in [2.24, 2.45) is 5.73 Å². The van der Waals surface area contributed by atoms with E-state index in [1.54, 1.807) is 35.4 Å². The van der Waals surface area contributed by atoms with Gasteiger partial charge in [-0.3, -0.25) is 14.6 Å². The maximum absolute atomic E-state index is 13.1. The Hall–Kier alpha value is -3.66. The zero-order valence-corrected chi connectivity index (χ0v) is 20.6. The van der Waals surface area contributed by atoms with Crippen molar-refractivity contribution in [3.8, 4) is 0 Å². The third kappa shape index (κ3) is 6.31. The molecular formula is C26H34N6O4. The number of nitrogens with two attached hydrogens (primary N) is 1. The molecule has 4 N–H and O–H groups in total. The molecule has 2 aromatic rings. The summed E-state index contributed by atoms with van der Waals surface area (Å²) < 4.78 is 4.88. The molecule has 0 bridgehead atoms. The van der Waals surface area contributed by atoms with Crippen LogP contribution < -0.4 is 21.3 Å². The first-order chi connectivity index (χ1) is 17.4. The first kappa shape index (κ1) is 25.4. The van der Waals surface area contributed by atoms with Crippen molar-refractivity contribution in [3.63, 3.8) is 0 Å². The average molecular weight is 495 g/mol. The third-order valence-electron chi connectivity index (χ3n) is 6.81. The highest BCUT2D eigenvalue weighted by Crippen LogP contribution is 2.29. The van der Waals surface area contributed by atoms with E-state index in [-0.39, 0.29) is 30.0 Å². The number of amides is 3. The van der Waals surface area contributed by atoms with Gasteiger partial charge in [0.25, 0.3) is 11.8 Å². The van der Waals surface area contributed by atoms with Crippen LogP contribution in [0.2, 0.25) is 0 Å². The van der Waals surface area contributed by atoms with Gasteiger partial charge in [0.1, 0.15) is 0 Å². The van der Waals surface area contributed by atoms with E-state index in [0.29, 0.717) is 43.0 Å². The lowest BCUT2D eigenvalue weighted by Crippen LogP contribution is -2.40. The number of ether oxygens (including phenoxy) is 1. The Morgan fingerprint density at radius 2 is 1.81 bits per heavy atom. The van der Waals surface area contributed by atoms with Gasteiger partial charge in [-0.1, -0.05) is 0 Å². The normalized spacial score (nSPS) is 20.3. The minimum atomic E-state index is -0.349. The molecule has 36 heavy (non-hydrogen) atoms. The van der Waals surface area contributed by atoms with Crippen LogP contribution in [0.15, 0.2) is 42.7 Å². The first-order valence-corrected chi connectivity index (χ1v) is 12.4. The monoisotopic (exact) mass is 494 g/mol. The van der Waals surface area contributed by atoms with Crippen molar-refractivity contribution >= 4 is 29.3 Å². The summed E-state index contributed by atoms with van der Waals surface area (Å²) in [6, 6.07) is 9.05. The molecule has 3 amide bonds. The number of nitrogens with one attached hydrogen (secondary N) is 2. The Balaban J connectivity index is 1.56. The van der Waals surface area contributed by atoms with Crippen LogP contribution in [0.1, 0.15) is 52.8 Å². The summed E-state index contributed by atoms with van der Waals surface area (Å²) in [6.45, 7) is 2.34. The summed E-state index contributed by atoms with van der Waals surface area (Å²) in [5, 5.41) is 6.08. The molecule has 192 valence electrons. The number of rotatable bonds is 5. The van der Waals surface area contributed by atoms with Crippen molar-refractivity contribution in [2.45, 2.75) is 44.2 Å². The van der Waals surface area contributed by atoms with Gasteiger partial charge in [-0.2, -0.15) is 0 Å². The summed E-state index contributed by atoms with van der Waals surface area (Å²) in [6.07, 6.45) is 7.02. The van der Waals surface area contributed by atoms with Gasteiger partial charge >= 0.3 is 6.09 Å². The van der Waals surface area contributed by atoms with Crippen LogP contribution in [0, 0.1) is 0 Å². The van der Waals surface area contributed by atoms with Gasteiger partial charge in [0, 0.05) is 56.2 Å². The van der Waals surface area contributed by atoms with E-state index < -0.39 is 0 Å². The smallest absolute Gasteiger partial charge is 0.409 e. The number of hydrogen-bond acceptors (Lipinski definition) is 7. The molecule has 1 aromatic carbocycles. The van der Waals surface area contributed by atoms with E-state index in [2.05, 4.69) is 20.5 Å². The SMILES string of the molecule is COC(=O)N1CCCN(c2ccc(C(=O)NC3CCC(N)CC3)cc2NC(=O)c2cccnc2)CC1. The fraction of sp³-hybridized carbons (Fsp3) is 0.462. The molecule has 0 spiro atoms. The fourth-order valence-corrected chi connectivity index (χ4v) is 4.75. The molecule has 10 nitrogen and oxygen atoms in total. The number of hydrogen-bond donors (Lipinski definition) is 3. The van der Waals surface area contributed by atoms with Gasteiger partial charge in [0.15, 0.2) is 0 Å². The number of pyridine rings is 1. The predicted molar refractivity (Wildman–Crippen MR) is 137 cm³/mol. The summed E-state index contributed by atoms with van der Waals surface area (Å²) >= 11 is 0. The Kier molecular flexibility index (Phi) is 8.37. The van der Waals surface area contributed by atoms with Crippen LogP contribution in [-0.2, 0) is 4.74 Å². The highest BCUT2D eigenvalue weighted by Gasteiger charge is 2.24. The molecule has 1 saturated heterocycles. The van der Waals surface area contributed by atoms with Crippen LogP contribution in [0.4, 0.5) is 16.2 Å². The van der Waals surface area contributed by atoms with E-state index in [1.807, 2.05) is 6.07 Å². The van der Waals surface area contributed by atoms with Gasteiger partial charge in [-0.15, -0.1) is 0 Å². The van der Waals surface area contributed by atoms with Crippen LogP contribution in [0.5, 0.6) is 0 Å². The Bertz CT molecular complexity index is 1070. The molecular weight excluding hydrogens is 460 g/mol. The van der Waals surface area contributed by atoms with Crippen molar-refractivity contribution in [3.05, 3.63) is 53.9 Å². The Morgan fingerprint density at radius 1 is 1.00 bits per heavy atom. The molecule has 10 heteroatoms. The zero-order valence-electron chi connectivity index (χ0n) is 20.6. The predicted octanol–water partition coefficient (Wildman–Crippen LogP) is 2.61. The minimum Gasteiger partial charge on any atom is -0.453 e. The topological polar surface area (TPSA) is 130 Å². The summed E-state index contributed by atoms with van der Waals surface area (Å²) in [5.41, 5.74) is 8.21. The first-order valence-electron chi connectivity index (χ1n) is 12.4. The van der Waals surface area contributed by atoms with E-state index in [9.17, 15) is 14.4 Å². The number of aromatic nitrogens is 1. The molecule has 2 fully saturated rings. The van der Waals surface area contributed by atoms with Gasteiger partial charge in [0.05, 0.1) is 24.0 Å². The standard InChI is InChI=1S/C26H34N6O4/c1-36-26(35)32-13-3-12-31(14-15-32)23-10-5-18(24(33)29-21-8-6-20(27)7-9-21)16-22(23)30-25(34)19-4-2-11-28-17-19/h2,4-5,10-11,16-17,20-21H,3,6-9,12-15,27H2,1H3,(H,29,33)(H,30,34). The molecule has 1 aromatic heterocycles. The highest BCUT2D eigenvalue weighted by atomic mass is 16.5. The number of anilines is 2.